The van der Waals surface area contributed by atoms with Crippen LogP contribution in [0.2, 0.25) is 0 Å². The molecule has 4 heteroatoms. The molecule has 0 atom stereocenters. The molecular formula is C12H20ClNO2. The zero-order valence-corrected chi connectivity index (χ0v) is 10.9. The highest BCUT2D eigenvalue weighted by Crippen LogP contribution is 2.33. The first kappa shape index (κ1) is 15.1. The van der Waals surface area contributed by atoms with Crippen molar-refractivity contribution in [3.63, 3.8) is 0 Å². The summed E-state index contributed by atoms with van der Waals surface area (Å²) in [4.78, 5) is 0. The minimum atomic E-state index is 0. The van der Waals surface area contributed by atoms with Crippen LogP contribution in [0.4, 0.5) is 0 Å². The number of hydrogen-bond donors (Lipinski definition) is 1. The molecule has 0 saturated carbocycles. The van der Waals surface area contributed by atoms with Gasteiger partial charge in [-0.3, -0.25) is 0 Å². The molecule has 3 nitrogen and oxygen atoms in total. The van der Waals surface area contributed by atoms with Crippen molar-refractivity contribution in [3.05, 3.63) is 23.3 Å². The fraction of sp³-hybridized carbons (Fsp3) is 0.500. The molecule has 0 amide bonds. The summed E-state index contributed by atoms with van der Waals surface area (Å²) >= 11 is 0. The van der Waals surface area contributed by atoms with Crippen molar-refractivity contribution in [3.8, 4) is 11.5 Å². The summed E-state index contributed by atoms with van der Waals surface area (Å²) in [5.74, 6) is 1.63. The second kappa shape index (κ2) is 7.36. The van der Waals surface area contributed by atoms with Gasteiger partial charge in [-0.1, -0.05) is 13.0 Å². The number of methoxy groups -OCH3 is 2. The highest BCUT2D eigenvalue weighted by atomic mass is 35.5. The molecule has 0 spiro atoms. The summed E-state index contributed by atoms with van der Waals surface area (Å²) in [6, 6.07) is 4.00. The molecule has 2 N–H and O–H groups in total. The van der Waals surface area contributed by atoms with Gasteiger partial charge in [0, 0.05) is 5.56 Å². The van der Waals surface area contributed by atoms with Gasteiger partial charge in [-0.15, -0.1) is 12.4 Å². The zero-order valence-electron chi connectivity index (χ0n) is 10.1. The molecule has 16 heavy (non-hydrogen) atoms. The molecule has 0 heterocycles. The van der Waals surface area contributed by atoms with Crippen molar-refractivity contribution < 1.29 is 9.47 Å². The third kappa shape index (κ3) is 3.03. The molecule has 0 aliphatic heterocycles. The van der Waals surface area contributed by atoms with Crippen molar-refractivity contribution in [2.45, 2.75) is 19.8 Å². The van der Waals surface area contributed by atoms with Crippen LogP contribution in [0.3, 0.4) is 0 Å². The quantitative estimate of drug-likeness (QED) is 0.865. The first-order chi connectivity index (χ1) is 7.28. The molecule has 0 unspecified atom stereocenters. The largest absolute Gasteiger partial charge is 0.493 e. The minimum Gasteiger partial charge on any atom is -0.493 e. The molecule has 0 fully saturated rings. The van der Waals surface area contributed by atoms with Gasteiger partial charge in [-0.25, -0.2) is 0 Å². The van der Waals surface area contributed by atoms with E-state index in [9.17, 15) is 0 Å². The maximum Gasteiger partial charge on any atom is 0.164 e. The van der Waals surface area contributed by atoms with Gasteiger partial charge in [-0.2, -0.15) is 0 Å². The van der Waals surface area contributed by atoms with Gasteiger partial charge in [-0.05, 0) is 31.0 Å². The van der Waals surface area contributed by atoms with E-state index in [-0.39, 0.29) is 12.4 Å². The van der Waals surface area contributed by atoms with E-state index in [1.807, 2.05) is 6.07 Å². The lowest BCUT2D eigenvalue weighted by Gasteiger charge is -2.15. The third-order valence-electron chi connectivity index (χ3n) is 2.51. The first-order valence-electron chi connectivity index (χ1n) is 5.21. The molecule has 0 aliphatic rings. The fourth-order valence-corrected chi connectivity index (χ4v) is 1.81. The van der Waals surface area contributed by atoms with E-state index < -0.39 is 0 Å². The summed E-state index contributed by atoms with van der Waals surface area (Å²) in [5, 5.41) is 0. The van der Waals surface area contributed by atoms with Crippen molar-refractivity contribution >= 4 is 12.4 Å². The van der Waals surface area contributed by atoms with Crippen molar-refractivity contribution in [1.82, 2.24) is 0 Å². The van der Waals surface area contributed by atoms with E-state index in [4.69, 9.17) is 15.2 Å². The Morgan fingerprint density at radius 2 is 1.88 bits per heavy atom. The average molecular weight is 246 g/mol. The van der Waals surface area contributed by atoms with Crippen molar-refractivity contribution in [2.24, 2.45) is 5.73 Å². The smallest absolute Gasteiger partial charge is 0.164 e. The maximum absolute atomic E-state index is 5.57. The number of rotatable bonds is 5. The molecule has 1 aromatic carbocycles. The predicted octanol–water partition coefficient (Wildman–Crippen LogP) is 2.19. The molecule has 0 saturated heterocycles. The number of hydrogen-bond acceptors (Lipinski definition) is 3. The summed E-state index contributed by atoms with van der Waals surface area (Å²) in [5.41, 5.74) is 8.02. The van der Waals surface area contributed by atoms with Crippen LogP contribution in [0.1, 0.15) is 18.1 Å². The number of ether oxygens (including phenoxy) is 2. The van der Waals surface area contributed by atoms with Gasteiger partial charge >= 0.3 is 0 Å². The number of benzene rings is 1. The van der Waals surface area contributed by atoms with Crippen LogP contribution >= 0.6 is 12.4 Å². The average Bonchev–Trinajstić information content (AvgIpc) is 2.28. The van der Waals surface area contributed by atoms with Gasteiger partial charge in [0.1, 0.15) is 0 Å². The van der Waals surface area contributed by atoms with Crippen LogP contribution in [-0.4, -0.2) is 20.8 Å². The van der Waals surface area contributed by atoms with Crippen LogP contribution in [0.25, 0.3) is 0 Å². The topological polar surface area (TPSA) is 44.5 Å². The standard InChI is InChI=1S/C12H19NO2.ClH/c1-4-10-9(7-8-13)5-6-11(14-2)12(10)15-3;/h5-6H,4,7-8,13H2,1-3H3;1H. The lowest BCUT2D eigenvalue weighted by atomic mass is 10.0. The maximum atomic E-state index is 5.57. The molecule has 0 bridgehead atoms. The first-order valence-corrected chi connectivity index (χ1v) is 5.21. The molecule has 0 aliphatic carbocycles. The van der Waals surface area contributed by atoms with E-state index in [0.29, 0.717) is 6.54 Å². The fourth-order valence-electron chi connectivity index (χ4n) is 1.81. The van der Waals surface area contributed by atoms with Crippen LogP contribution in [0.5, 0.6) is 11.5 Å². The van der Waals surface area contributed by atoms with Gasteiger partial charge < -0.3 is 15.2 Å². The second-order valence-electron chi connectivity index (χ2n) is 3.33. The van der Waals surface area contributed by atoms with Crippen LogP contribution < -0.4 is 15.2 Å². The minimum absolute atomic E-state index is 0. The van der Waals surface area contributed by atoms with E-state index in [1.54, 1.807) is 14.2 Å². The molecule has 1 aromatic rings. The summed E-state index contributed by atoms with van der Waals surface area (Å²) in [7, 11) is 3.32. The SMILES string of the molecule is CCc1c(CCN)ccc(OC)c1OC.Cl. The summed E-state index contributed by atoms with van der Waals surface area (Å²) in [6.07, 6.45) is 1.80. The second-order valence-corrected chi connectivity index (χ2v) is 3.33. The van der Waals surface area contributed by atoms with Crippen molar-refractivity contribution in [1.29, 1.82) is 0 Å². The Bertz CT molecular complexity index is 329. The Morgan fingerprint density at radius 1 is 1.19 bits per heavy atom. The number of halogens is 1. The molecule has 0 radical (unpaired) electrons. The Labute approximate surface area is 103 Å². The van der Waals surface area contributed by atoms with E-state index >= 15 is 0 Å². The summed E-state index contributed by atoms with van der Waals surface area (Å²) < 4.78 is 10.6. The monoisotopic (exact) mass is 245 g/mol. The Morgan fingerprint density at radius 3 is 2.31 bits per heavy atom. The molecular weight excluding hydrogens is 226 g/mol. The van der Waals surface area contributed by atoms with Gasteiger partial charge in [0.05, 0.1) is 14.2 Å². The van der Waals surface area contributed by atoms with E-state index in [2.05, 4.69) is 13.0 Å². The Balaban J connectivity index is 0.00000225. The highest BCUT2D eigenvalue weighted by Gasteiger charge is 2.12. The summed E-state index contributed by atoms with van der Waals surface area (Å²) in [6.45, 7) is 2.76. The van der Waals surface area contributed by atoms with Gasteiger partial charge in [0.25, 0.3) is 0 Å². The molecule has 1 rings (SSSR count). The van der Waals surface area contributed by atoms with E-state index in [1.165, 1.54) is 11.1 Å². The zero-order chi connectivity index (χ0) is 11.3. The van der Waals surface area contributed by atoms with E-state index in [0.717, 1.165) is 24.3 Å². The highest BCUT2D eigenvalue weighted by molar-refractivity contribution is 5.85. The predicted molar refractivity (Wildman–Crippen MR) is 68.9 cm³/mol. The van der Waals surface area contributed by atoms with Gasteiger partial charge in [0.15, 0.2) is 11.5 Å². The molecule has 92 valence electrons. The lowest BCUT2D eigenvalue weighted by Crippen LogP contribution is -2.06. The molecule has 0 aromatic heterocycles. The number of nitrogens with two attached hydrogens (primary N) is 1. The lowest BCUT2D eigenvalue weighted by molar-refractivity contribution is 0.351. The van der Waals surface area contributed by atoms with Crippen LogP contribution in [0, 0.1) is 0 Å². The van der Waals surface area contributed by atoms with Crippen LogP contribution in [-0.2, 0) is 12.8 Å². The van der Waals surface area contributed by atoms with Gasteiger partial charge in [0.2, 0.25) is 0 Å². The Kier molecular flexibility index (Phi) is 6.93. The third-order valence-corrected chi connectivity index (χ3v) is 2.51. The van der Waals surface area contributed by atoms with Crippen molar-refractivity contribution in [2.75, 3.05) is 20.8 Å². The Hall–Kier alpha value is -0.930. The normalized spacial score (nSPS) is 9.50. The van der Waals surface area contributed by atoms with Crippen LogP contribution in [0.15, 0.2) is 12.1 Å².